The maximum Gasteiger partial charge on any atom is 0.257 e. The number of carbonyl (C=O) groups excluding carboxylic acids is 1. The van der Waals surface area contributed by atoms with Gasteiger partial charge in [0.15, 0.2) is 0 Å². The van der Waals surface area contributed by atoms with Crippen LogP contribution in [0.15, 0.2) is 12.1 Å². The van der Waals surface area contributed by atoms with Crippen molar-refractivity contribution in [3.05, 3.63) is 29.1 Å². The Labute approximate surface area is 174 Å². The molecule has 2 bridgehead atoms. The van der Waals surface area contributed by atoms with E-state index in [4.69, 9.17) is 4.74 Å². The minimum absolute atomic E-state index is 0.157. The van der Waals surface area contributed by atoms with Crippen LogP contribution in [0.5, 0.6) is 5.75 Å². The van der Waals surface area contributed by atoms with Gasteiger partial charge < -0.3 is 9.64 Å². The Bertz CT molecular complexity index is 813. The van der Waals surface area contributed by atoms with Crippen LogP contribution >= 0.6 is 0 Å². The molecule has 0 aromatic heterocycles. The molecule has 158 valence electrons. The Morgan fingerprint density at radius 1 is 1.21 bits per heavy atom. The largest absolute Gasteiger partial charge is 0.493 e. The molecule has 1 aliphatic heterocycles. The van der Waals surface area contributed by atoms with Gasteiger partial charge in [0.2, 0.25) is 0 Å². The van der Waals surface area contributed by atoms with Gasteiger partial charge in [-0.25, -0.2) is 4.39 Å². The number of amides is 1. The highest BCUT2D eigenvalue weighted by Crippen LogP contribution is 2.61. The molecule has 0 spiro atoms. The van der Waals surface area contributed by atoms with Crippen molar-refractivity contribution in [1.82, 2.24) is 4.90 Å². The van der Waals surface area contributed by atoms with E-state index in [0.29, 0.717) is 29.6 Å². The number of fused-ring (bicyclic) bond motifs is 2. The molecule has 3 nitrogen and oxygen atoms in total. The Balaban J connectivity index is 1.35. The number of rotatable bonds is 5. The molecule has 0 unspecified atom stereocenters. The highest BCUT2D eigenvalue weighted by Gasteiger charge is 2.54. The summed E-state index contributed by atoms with van der Waals surface area (Å²) >= 11 is 0. The molecule has 29 heavy (non-hydrogen) atoms. The zero-order valence-corrected chi connectivity index (χ0v) is 18.0. The van der Waals surface area contributed by atoms with Crippen molar-refractivity contribution in [1.29, 1.82) is 0 Å². The predicted octanol–water partition coefficient (Wildman–Crippen LogP) is 5.78. The molecule has 0 N–H and O–H groups in total. The molecule has 0 radical (unpaired) electrons. The average Bonchev–Trinajstić information content (AvgIpc) is 3.46. The summed E-state index contributed by atoms with van der Waals surface area (Å²) in [6.07, 6.45) is 8.07. The quantitative estimate of drug-likeness (QED) is 0.628. The number of benzene rings is 1. The molecule has 4 heteroatoms. The minimum Gasteiger partial charge on any atom is -0.493 e. The Kier molecular flexibility index (Phi) is 4.67. The molecular formula is C25H34FNO2. The second kappa shape index (κ2) is 6.99. The fraction of sp³-hybridized carbons (Fsp3) is 0.720. The van der Waals surface area contributed by atoms with Gasteiger partial charge in [-0.1, -0.05) is 13.8 Å². The number of hydrogen-bond acceptors (Lipinski definition) is 2. The Hall–Kier alpha value is -1.58. The molecule has 1 amide bonds. The molecule has 1 heterocycles. The van der Waals surface area contributed by atoms with Crippen LogP contribution in [-0.4, -0.2) is 30.0 Å². The van der Waals surface area contributed by atoms with Crippen molar-refractivity contribution in [3.8, 4) is 5.75 Å². The monoisotopic (exact) mass is 399 g/mol. The van der Waals surface area contributed by atoms with Gasteiger partial charge in [-0.05, 0) is 92.6 Å². The highest BCUT2D eigenvalue weighted by atomic mass is 19.1. The van der Waals surface area contributed by atoms with Crippen molar-refractivity contribution in [2.45, 2.75) is 77.7 Å². The summed E-state index contributed by atoms with van der Waals surface area (Å²) in [6, 6.07) is 3.50. The third kappa shape index (κ3) is 3.27. The van der Waals surface area contributed by atoms with Gasteiger partial charge in [0, 0.05) is 18.7 Å². The van der Waals surface area contributed by atoms with E-state index < -0.39 is 5.82 Å². The summed E-state index contributed by atoms with van der Waals surface area (Å²) in [5.41, 5.74) is 1.70. The zero-order valence-electron chi connectivity index (χ0n) is 18.0. The van der Waals surface area contributed by atoms with E-state index >= 15 is 0 Å². The summed E-state index contributed by atoms with van der Waals surface area (Å²) in [7, 11) is 0. The Morgan fingerprint density at radius 2 is 2.00 bits per heavy atom. The molecular weight excluding hydrogens is 365 g/mol. The van der Waals surface area contributed by atoms with Crippen molar-refractivity contribution in [2.75, 3.05) is 13.2 Å². The van der Waals surface area contributed by atoms with E-state index in [2.05, 4.69) is 20.8 Å². The second-order valence-corrected chi connectivity index (χ2v) is 10.6. The molecule has 4 aliphatic carbocycles. The third-order valence-corrected chi connectivity index (χ3v) is 8.62. The number of carbonyl (C=O) groups is 1. The summed E-state index contributed by atoms with van der Waals surface area (Å²) in [4.78, 5) is 14.8. The van der Waals surface area contributed by atoms with Crippen LogP contribution in [0.2, 0.25) is 0 Å². The number of hydrogen-bond donors (Lipinski definition) is 0. The van der Waals surface area contributed by atoms with Gasteiger partial charge in [0.05, 0.1) is 12.2 Å². The maximum absolute atomic E-state index is 15.0. The van der Waals surface area contributed by atoms with Crippen LogP contribution in [0.1, 0.15) is 87.6 Å². The smallest absolute Gasteiger partial charge is 0.257 e. The van der Waals surface area contributed by atoms with Crippen LogP contribution in [0.25, 0.3) is 0 Å². The van der Waals surface area contributed by atoms with Crippen LogP contribution in [-0.2, 0) is 0 Å². The lowest BCUT2D eigenvalue weighted by molar-refractivity contribution is -0.114. The molecule has 6 rings (SSSR count). The van der Waals surface area contributed by atoms with E-state index in [1.807, 2.05) is 4.90 Å². The summed E-state index contributed by atoms with van der Waals surface area (Å²) in [5.74, 6) is 2.68. The van der Waals surface area contributed by atoms with Crippen molar-refractivity contribution < 1.29 is 13.9 Å². The first-order valence-corrected chi connectivity index (χ1v) is 11.6. The fourth-order valence-corrected chi connectivity index (χ4v) is 6.32. The van der Waals surface area contributed by atoms with E-state index in [1.54, 1.807) is 6.07 Å². The van der Waals surface area contributed by atoms with E-state index in [-0.39, 0.29) is 17.5 Å². The van der Waals surface area contributed by atoms with Gasteiger partial charge in [-0.2, -0.15) is 0 Å². The highest BCUT2D eigenvalue weighted by molar-refractivity contribution is 5.95. The first-order chi connectivity index (χ1) is 13.9. The van der Waals surface area contributed by atoms with Crippen LogP contribution in [0.4, 0.5) is 4.39 Å². The van der Waals surface area contributed by atoms with Gasteiger partial charge in [-0.15, -0.1) is 0 Å². The van der Waals surface area contributed by atoms with Crippen molar-refractivity contribution in [3.63, 3.8) is 0 Å². The maximum atomic E-state index is 15.0. The third-order valence-electron chi connectivity index (χ3n) is 8.62. The Morgan fingerprint density at radius 3 is 2.62 bits per heavy atom. The van der Waals surface area contributed by atoms with Gasteiger partial charge in [0.1, 0.15) is 11.6 Å². The molecule has 5 aliphatic rings. The predicted molar refractivity (Wildman–Crippen MR) is 112 cm³/mol. The average molecular weight is 400 g/mol. The SMILES string of the molecule is C[C@@H]1CCCN1C(=O)c1cc(C2CC2)c(OC[C@H]2CC[C@H]3C[C@@H]2C3(C)C)cc1F. The van der Waals surface area contributed by atoms with E-state index in [9.17, 15) is 9.18 Å². The molecule has 4 saturated carbocycles. The summed E-state index contributed by atoms with van der Waals surface area (Å²) in [6.45, 7) is 8.26. The lowest BCUT2D eigenvalue weighted by atomic mass is 9.46. The molecule has 1 aromatic rings. The summed E-state index contributed by atoms with van der Waals surface area (Å²) in [5, 5.41) is 0. The van der Waals surface area contributed by atoms with Gasteiger partial charge in [-0.3, -0.25) is 4.79 Å². The van der Waals surface area contributed by atoms with E-state index in [1.165, 1.54) is 25.3 Å². The standard InChI is InChI=1S/C25H34FNO2/c1-15-5-4-10-27(15)24(28)20-12-19(16-6-7-16)23(13-22(20)26)29-14-17-8-9-18-11-21(17)25(18,2)3/h12-13,15-18,21H,4-11,14H2,1-3H3/t15-,17-,18+,21+/m1/s1. The second-order valence-electron chi connectivity index (χ2n) is 10.6. The first kappa shape index (κ1) is 19.4. The molecule has 1 saturated heterocycles. The van der Waals surface area contributed by atoms with Crippen LogP contribution in [0, 0.1) is 29.0 Å². The van der Waals surface area contributed by atoms with Gasteiger partial charge >= 0.3 is 0 Å². The normalized spacial score (nSPS) is 32.8. The van der Waals surface area contributed by atoms with Crippen molar-refractivity contribution in [2.24, 2.45) is 23.2 Å². The van der Waals surface area contributed by atoms with Crippen molar-refractivity contribution >= 4 is 5.91 Å². The lowest BCUT2D eigenvalue weighted by Crippen LogP contribution is -2.53. The number of ether oxygens (including phenoxy) is 1. The lowest BCUT2D eigenvalue weighted by Gasteiger charge is -2.60. The fourth-order valence-electron chi connectivity index (χ4n) is 6.32. The molecule has 4 atom stereocenters. The summed E-state index contributed by atoms with van der Waals surface area (Å²) < 4.78 is 21.3. The number of halogens is 1. The molecule has 5 fully saturated rings. The van der Waals surface area contributed by atoms with Gasteiger partial charge in [0.25, 0.3) is 5.91 Å². The van der Waals surface area contributed by atoms with E-state index in [0.717, 1.165) is 49.6 Å². The first-order valence-electron chi connectivity index (χ1n) is 11.6. The number of likely N-dealkylation sites (tertiary alicyclic amines) is 1. The topological polar surface area (TPSA) is 29.5 Å². The minimum atomic E-state index is -0.429. The number of nitrogens with zero attached hydrogens (tertiary/aromatic N) is 1. The zero-order chi connectivity index (χ0) is 20.3. The van der Waals surface area contributed by atoms with Crippen LogP contribution in [0.3, 0.4) is 0 Å². The van der Waals surface area contributed by atoms with Crippen LogP contribution < -0.4 is 4.74 Å². The molecule has 1 aromatic carbocycles.